The molecule has 0 saturated carbocycles. The third-order valence-electron chi connectivity index (χ3n) is 3.01. The van der Waals surface area contributed by atoms with Crippen molar-refractivity contribution in [2.24, 2.45) is 11.1 Å². The van der Waals surface area contributed by atoms with E-state index >= 15 is 0 Å². The second-order valence-corrected chi connectivity index (χ2v) is 4.99. The van der Waals surface area contributed by atoms with Crippen molar-refractivity contribution < 1.29 is 9.59 Å². The van der Waals surface area contributed by atoms with Gasteiger partial charge in [-0.2, -0.15) is 0 Å². The van der Waals surface area contributed by atoms with Crippen molar-refractivity contribution in [3.8, 4) is 0 Å². The fourth-order valence-electron chi connectivity index (χ4n) is 1.82. The molecule has 1 atom stereocenters. The van der Waals surface area contributed by atoms with Crippen molar-refractivity contribution >= 4 is 23.2 Å². The van der Waals surface area contributed by atoms with Crippen molar-refractivity contribution in [2.45, 2.75) is 13.3 Å². The molecular weight excluding hydrogens is 226 g/mol. The minimum absolute atomic E-state index is 0.119. The predicted octanol–water partition coefficient (Wildman–Crippen LogP) is 0.481. The van der Waals surface area contributed by atoms with Crippen LogP contribution in [0.3, 0.4) is 0 Å². The number of hydrogen-bond donors (Lipinski definition) is 1. The van der Waals surface area contributed by atoms with Gasteiger partial charge in [0.05, 0.1) is 10.9 Å². The molecule has 1 aromatic heterocycles. The molecule has 16 heavy (non-hydrogen) atoms. The lowest BCUT2D eigenvalue weighted by Gasteiger charge is -2.20. The average molecular weight is 239 g/mol. The van der Waals surface area contributed by atoms with E-state index in [4.69, 9.17) is 5.73 Å². The highest BCUT2D eigenvalue weighted by Crippen LogP contribution is 2.30. The van der Waals surface area contributed by atoms with E-state index in [2.05, 4.69) is 4.98 Å². The number of likely N-dealkylation sites (tertiary alicyclic amines) is 1. The van der Waals surface area contributed by atoms with E-state index in [0.717, 1.165) is 0 Å². The largest absolute Gasteiger partial charge is 0.369 e. The van der Waals surface area contributed by atoms with E-state index in [-0.39, 0.29) is 11.8 Å². The van der Waals surface area contributed by atoms with E-state index in [1.807, 2.05) is 0 Å². The number of carbonyl (C=O) groups is 2. The first-order chi connectivity index (χ1) is 7.53. The van der Waals surface area contributed by atoms with Gasteiger partial charge in [-0.05, 0) is 13.3 Å². The van der Waals surface area contributed by atoms with Gasteiger partial charge in [0.2, 0.25) is 5.91 Å². The number of hydrogen-bond acceptors (Lipinski definition) is 4. The van der Waals surface area contributed by atoms with Crippen molar-refractivity contribution in [1.82, 2.24) is 9.88 Å². The fraction of sp³-hybridized carbons (Fsp3) is 0.500. The second kappa shape index (κ2) is 3.86. The lowest BCUT2D eigenvalue weighted by atomic mass is 9.89. The Kier molecular flexibility index (Phi) is 2.67. The average Bonchev–Trinajstić information content (AvgIpc) is 2.85. The van der Waals surface area contributed by atoms with Gasteiger partial charge in [0, 0.05) is 18.5 Å². The van der Waals surface area contributed by atoms with Gasteiger partial charge in [0.1, 0.15) is 5.69 Å². The van der Waals surface area contributed by atoms with Crippen LogP contribution in [0.1, 0.15) is 23.8 Å². The Balaban J connectivity index is 2.10. The third kappa shape index (κ3) is 1.80. The summed E-state index contributed by atoms with van der Waals surface area (Å²) in [5.41, 5.74) is 6.80. The van der Waals surface area contributed by atoms with Crippen molar-refractivity contribution in [1.29, 1.82) is 0 Å². The minimum atomic E-state index is -0.592. The molecule has 1 aliphatic rings. The Bertz CT molecular complexity index is 418. The maximum atomic E-state index is 11.9. The molecule has 0 spiro atoms. The molecule has 1 unspecified atom stereocenters. The first-order valence-corrected chi connectivity index (χ1v) is 5.94. The van der Waals surface area contributed by atoms with Crippen LogP contribution in [0, 0.1) is 5.41 Å². The second-order valence-electron chi connectivity index (χ2n) is 4.28. The van der Waals surface area contributed by atoms with Crippen LogP contribution in [-0.2, 0) is 4.79 Å². The summed E-state index contributed by atoms with van der Waals surface area (Å²) >= 11 is 1.38. The fourth-order valence-corrected chi connectivity index (χ4v) is 2.34. The van der Waals surface area contributed by atoms with E-state index in [9.17, 15) is 9.59 Å². The highest BCUT2D eigenvalue weighted by Gasteiger charge is 2.41. The lowest BCUT2D eigenvalue weighted by molar-refractivity contribution is -0.126. The van der Waals surface area contributed by atoms with Gasteiger partial charge in [-0.1, -0.05) is 0 Å². The number of rotatable bonds is 2. The summed E-state index contributed by atoms with van der Waals surface area (Å²) in [5.74, 6) is -0.465. The van der Waals surface area contributed by atoms with Crippen LogP contribution in [0.25, 0.3) is 0 Å². The molecule has 0 aromatic carbocycles. The first kappa shape index (κ1) is 11.1. The zero-order valence-electron chi connectivity index (χ0n) is 8.97. The van der Waals surface area contributed by atoms with Crippen molar-refractivity contribution in [3.63, 3.8) is 0 Å². The summed E-state index contributed by atoms with van der Waals surface area (Å²) in [6.45, 7) is 2.75. The summed E-state index contributed by atoms with van der Waals surface area (Å²) in [6, 6.07) is 0. The van der Waals surface area contributed by atoms with Gasteiger partial charge in [0.15, 0.2) is 0 Å². The normalized spacial score (nSPS) is 24.7. The topological polar surface area (TPSA) is 76.3 Å². The first-order valence-electron chi connectivity index (χ1n) is 5.00. The molecular formula is C10H13N3O2S. The number of primary amides is 1. The quantitative estimate of drug-likeness (QED) is 0.815. The Hall–Kier alpha value is -1.43. The van der Waals surface area contributed by atoms with Gasteiger partial charge in [-0.25, -0.2) is 4.98 Å². The number of nitrogens with two attached hydrogens (primary N) is 1. The minimum Gasteiger partial charge on any atom is -0.369 e. The molecule has 86 valence electrons. The summed E-state index contributed by atoms with van der Waals surface area (Å²) < 4.78 is 0. The molecule has 1 aliphatic heterocycles. The molecule has 0 aliphatic carbocycles. The molecule has 5 nitrogen and oxygen atoms in total. The highest BCUT2D eigenvalue weighted by atomic mass is 32.1. The van der Waals surface area contributed by atoms with Crippen molar-refractivity contribution in [3.05, 3.63) is 16.6 Å². The summed E-state index contributed by atoms with van der Waals surface area (Å²) in [7, 11) is 0. The maximum absolute atomic E-state index is 11.9. The third-order valence-corrected chi connectivity index (χ3v) is 3.59. The molecule has 2 rings (SSSR count). The summed E-state index contributed by atoms with van der Waals surface area (Å²) in [4.78, 5) is 28.8. The van der Waals surface area contributed by atoms with Crippen LogP contribution in [0.2, 0.25) is 0 Å². The van der Waals surface area contributed by atoms with Crippen LogP contribution in [-0.4, -0.2) is 34.8 Å². The predicted molar refractivity (Wildman–Crippen MR) is 59.9 cm³/mol. The lowest BCUT2D eigenvalue weighted by Crippen LogP contribution is -2.38. The monoisotopic (exact) mass is 239 g/mol. The number of carbonyl (C=O) groups excluding carboxylic acids is 2. The van der Waals surface area contributed by atoms with Crippen LogP contribution >= 0.6 is 11.3 Å². The van der Waals surface area contributed by atoms with Gasteiger partial charge < -0.3 is 10.6 Å². The van der Waals surface area contributed by atoms with Crippen LogP contribution in [0.5, 0.6) is 0 Å². The van der Waals surface area contributed by atoms with E-state index in [0.29, 0.717) is 25.2 Å². The van der Waals surface area contributed by atoms with E-state index in [1.54, 1.807) is 22.7 Å². The number of amides is 2. The highest BCUT2D eigenvalue weighted by molar-refractivity contribution is 7.07. The molecule has 2 heterocycles. The standard InChI is InChI=1S/C10H13N3O2S/c1-10(9(11)15)2-3-13(5-10)8(14)7-4-16-6-12-7/h4,6H,2-3,5H2,1H3,(H2,11,15). The Labute approximate surface area is 97.3 Å². The molecule has 0 radical (unpaired) electrons. The SMILES string of the molecule is CC1(C(N)=O)CCN(C(=O)c2cscn2)C1. The maximum Gasteiger partial charge on any atom is 0.273 e. The molecule has 6 heteroatoms. The van der Waals surface area contributed by atoms with Crippen LogP contribution in [0.4, 0.5) is 0 Å². The van der Waals surface area contributed by atoms with Crippen molar-refractivity contribution in [2.75, 3.05) is 13.1 Å². The zero-order valence-corrected chi connectivity index (χ0v) is 9.79. The van der Waals surface area contributed by atoms with E-state index in [1.165, 1.54) is 11.3 Å². The number of aromatic nitrogens is 1. The van der Waals surface area contributed by atoms with Gasteiger partial charge in [-0.15, -0.1) is 11.3 Å². The Morgan fingerprint density at radius 3 is 2.88 bits per heavy atom. The summed E-state index contributed by atoms with van der Waals surface area (Å²) in [6.07, 6.45) is 0.623. The van der Waals surface area contributed by atoms with Crippen LogP contribution in [0.15, 0.2) is 10.9 Å². The molecule has 2 amide bonds. The molecule has 1 fully saturated rings. The number of thiazole rings is 1. The van der Waals surface area contributed by atoms with Gasteiger partial charge in [-0.3, -0.25) is 9.59 Å². The van der Waals surface area contributed by atoms with Gasteiger partial charge in [0.25, 0.3) is 5.91 Å². The molecule has 0 bridgehead atoms. The zero-order chi connectivity index (χ0) is 11.8. The number of nitrogens with zero attached hydrogens (tertiary/aromatic N) is 2. The van der Waals surface area contributed by atoms with E-state index < -0.39 is 5.41 Å². The van der Waals surface area contributed by atoms with Crippen LogP contribution < -0.4 is 5.73 Å². The molecule has 1 aromatic rings. The van der Waals surface area contributed by atoms with Gasteiger partial charge >= 0.3 is 0 Å². The smallest absolute Gasteiger partial charge is 0.273 e. The summed E-state index contributed by atoms with van der Waals surface area (Å²) in [5, 5.41) is 1.71. The Morgan fingerprint density at radius 2 is 2.38 bits per heavy atom. The molecule has 1 saturated heterocycles. The Morgan fingerprint density at radius 1 is 1.62 bits per heavy atom. The molecule has 2 N–H and O–H groups in total.